The van der Waals surface area contributed by atoms with Crippen LogP contribution in [-0.2, 0) is 24.4 Å². The minimum atomic E-state index is -0.377. The molecule has 1 N–H and O–H groups in total. The molecule has 1 aliphatic rings. The van der Waals surface area contributed by atoms with Crippen molar-refractivity contribution in [2.24, 2.45) is 4.99 Å². The lowest BCUT2D eigenvalue weighted by molar-refractivity contribution is -0.131. The normalized spacial score (nSPS) is 13.2. The van der Waals surface area contributed by atoms with Gasteiger partial charge in [0.15, 0.2) is 17.5 Å². The third-order valence-corrected chi connectivity index (χ3v) is 5.34. The number of nitrogens with zero attached hydrogens (tertiary/aromatic N) is 3. The zero-order valence-electron chi connectivity index (χ0n) is 18.5. The lowest BCUT2D eigenvalue weighted by Gasteiger charge is -2.22. The van der Waals surface area contributed by atoms with E-state index >= 15 is 0 Å². The topological polar surface area (TPSA) is 57.2 Å². The van der Waals surface area contributed by atoms with Crippen LogP contribution in [0.4, 0.5) is 4.39 Å². The molecule has 1 amide bonds. The molecule has 0 saturated carbocycles. The van der Waals surface area contributed by atoms with Gasteiger partial charge in [-0.1, -0.05) is 30.3 Å². The zero-order valence-corrected chi connectivity index (χ0v) is 18.5. The summed E-state index contributed by atoms with van der Waals surface area (Å²) in [5, 5.41) is 3.26. The first kappa shape index (κ1) is 22.6. The summed E-state index contributed by atoms with van der Waals surface area (Å²) in [7, 11) is 3.36. The number of carbonyl (C=O) groups excluding carboxylic acids is 1. The van der Waals surface area contributed by atoms with Crippen LogP contribution in [0.3, 0.4) is 0 Å². The standard InChI is InChI=1S/C24H31FN4O2/c1-4-26-24(28(2)15-18-11-12-22(31-3)21(25)14-18)27-13-7-10-23(30)29-16-19-8-5-6-9-20(19)17-29/h5-6,8-9,11-12,14H,4,7,10,13,15-17H2,1-3H3,(H,26,27). The second kappa shape index (κ2) is 10.8. The van der Waals surface area contributed by atoms with Gasteiger partial charge in [0.05, 0.1) is 7.11 Å². The summed E-state index contributed by atoms with van der Waals surface area (Å²) in [5.41, 5.74) is 3.30. The van der Waals surface area contributed by atoms with Crippen LogP contribution < -0.4 is 10.1 Å². The molecule has 0 unspecified atom stereocenters. The highest BCUT2D eigenvalue weighted by Gasteiger charge is 2.22. The molecule has 3 rings (SSSR count). The fraction of sp³-hybridized carbons (Fsp3) is 0.417. The number of ether oxygens (including phenoxy) is 1. The number of amides is 1. The van der Waals surface area contributed by atoms with Gasteiger partial charge in [0.25, 0.3) is 0 Å². The number of carbonyl (C=O) groups is 1. The van der Waals surface area contributed by atoms with Crippen LogP contribution >= 0.6 is 0 Å². The molecule has 1 heterocycles. The molecule has 2 aromatic carbocycles. The fourth-order valence-corrected chi connectivity index (χ4v) is 3.71. The third-order valence-electron chi connectivity index (χ3n) is 5.34. The van der Waals surface area contributed by atoms with Crippen LogP contribution in [0.5, 0.6) is 5.75 Å². The quantitative estimate of drug-likeness (QED) is 0.398. The third kappa shape index (κ3) is 5.96. The van der Waals surface area contributed by atoms with Crippen LogP contribution in [0.2, 0.25) is 0 Å². The van der Waals surface area contributed by atoms with Gasteiger partial charge in [-0.2, -0.15) is 0 Å². The summed E-state index contributed by atoms with van der Waals surface area (Å²) in [6.07, 6.45) is 1.16. The van der Waals surface area contributed by atoms with Gasteiger partial charge in [0.2, 0.25) is 5.91 Å². The smallest absolute Gasteiger partial charge is 0.223 e. The highest BCUT2D eigenvalue weighted by atomic mass is 19.1. The van der Waals surface area contributed by atoms with E-state index in [1.807, 2.05) is 42.0 Å². The van der Waals surface area contributed by atoms with Crippen LogP contribution in [0.15, 0.2) is 47.5 Å². The maximum absolute atomic E-state index is 14.0. The molecular formula is C24H31FN4O2. The van der Waals surface area contributed by atoms with Crippen molar-refractivity contribution in [2.75, 3.05) is 27.2 Å². The van der Waals surface area contributed by atoms with Crippen molar-refractivity contribution in [3.63, 3.8) is 0 Å². The van der Waals surface area contributed by atoms with Gasteiger partial charge >= 0.3 is 0 Å². The Morgan fingerprint density at radius 1 is 1.23 bits per heavy atom. The molecule has 0 saturated heterocycles. The zero-order chi connectivity index (χ0) is 22.2. The first-order valence-electron chi connectivity index (χ1n) is 10.7. The summed E-state index contributed by atoms with van der Waals surface area (Å²) in [6, 6.07) is 13.1. The lowest BCUT2D eigenvalue weighted by Crippen LogP contribution is -2.38. The predicted octanol–water partition coefficient (Wildman–Crippen LogP) is 3.55. The molecule has 1 aliphatic heterocycles. The van der Waals surface area contributed by atoms with E-state index in [2.05, 4.69) is 22.4 Å². The maximum atomic E-state index is 14.0. The number of guanidine groups is 1. The SMILES string of the molecule is CCNC(=NCCCC(=O)N1Cc2ccccc2C1)N(C)Cc1ccc(OC)c(F)c1. The Bertz CT molecular complexity index is 907. The van der Waals surface area contributed by atoms with Crippen LogP contribution in [0.25, 0.3) is 0 Å². The number of fused-ring (bicyclic) bond motifs is 1. The second-order valence-corrected chi connectivity index (χ2v) is 7.68. The van der Waals surface area contributed by atoms with Gasteiger partial charge in [-0.15, -0.1) is 0 Å². The summed E-state index contributed by atoms with van der Waals surface area (Å²) < 4.78 is 18.9. The van der Waals surface area contributed by atoms with Crippen molar-refractivity contribution in [1.29, 1.82) is 0 Å². The van der Waals surface area contributed by atoms with E-state index in [1.165, 1.54) is 24.3 Å². The number of hydrogen-bond acceptors (Lipinski definition) is 3. The highest BCUT2D eigenvalue weighted by Crippen LogP contribution is 2.23. The molecule has 0 spiro atoms. The largest absolute Gasteiger partial charge is 0.494 e. The Morgan fingerprint density at radius 2 is 1.94 bits per heavy atom. The van der Waals surface area contributed by atoms with Crippen molar-refractivity contribution in [2.45, 2.75) is 39.4 Å². The molecule has 0 aliphatic carbocycles. The second-order valence-electron chi connectivity index (χ2n) is 7.68. The molecular weight excluding hydrogens is 395 g/mol. The first-order valence-corrected chi connectivity index (χ1v) is 10.7. The Labute approximate surface area is 183 Å². The number of rotatable bonds is 8. The molecule has 166 valence electrons. The molecule has 7 heteroatoms. The average Bonchev–Trinajstić information content (AvgIpc) is 3.20. The first-order chi connectivity index (χ1) is 15.0. The number of methoxy groups -OCH3 is 1. The summed E-state index contributed by atoms with van der Waals surface area (Å²) in [4.78, 5) is 21.0. The monoisotopic (exact) mass is 426 g/mol. The van der Waals surface area contributed by atoms with Crippen molar-refractivity contribution >= 4 is 11.9 Å². The van der Waals surface area contributed by atoms with E-state index in [0.29, 0.717) is 39.0 Å². The Morgan fingerprint density at radius 3 is 2.55 bits per heavy atom. The van der Waals surface area contributed by atoms with Crippen molar-refractivity contribution < 1.29 is 13.9 Å². The van der Waals surface area contributed by atoms with Gasteiger partial charge in [0.1, 0.15) is 0 Å². The maximum Gasteiger partial charge on any atom is 0.223 e. The number of halogens is 1. The van der Waals surface area contributed by atoms with E-state index in [-0.39, 0.29) is 17.5 Å². The van der Waals surface area contributed by atoms with Gasteiger partial charge in [-0.3, -0.25) is 9.79 Å². The van der Waals surface area contributed by atoms with E-state index in [9.17, 15) is 9.18 Å². The number of benzene rings is 2. The van der Waals surface area contributed by atoms with Crippen molar-refractivity contribution in [3.05, 3.63) is 65.0 Å². The van der Waals surface area contributed by atoms with Crippen molar-refractivity contribution in [3.8, 4) is 5.75 Å². The number of nitrogens with one attached hydrogen (secondary N) is 1. The van der Waals surface area contributed by atoms with Crippen LogP contribution in [-0.4, -0.2) is 48.9 Å². The summed E-state index contributed by atoms with van der Waals surface area (Å²) in [6.45, 7) is 5.19. The molecule has 0 bridgehead atoms. The van der Waals surface area contributed by atoms with Crippen LogP contribution in [0.1, 0.15) is 36.5 Å². The molecule has 0 fully saturated rings. The van der Waals surface area contributed by atoms with Crippen molar-refractivity contribution in [1.82, 2.24) is 15.1 Å². The van der Waals surface area contributed by atoms with Crippen LogP contribution in [0, 0.1) is 5.82 Å². The summed E-state index contributed by atoms with van der Waals surface area (Å²) >= 11 is 0. The Balaban J connectivity index is 1.50. The number of aliphatic imine (C=N–C) groups is 1. The number of hydrogen-bond donors (Lipinski definition) is 1. The van der Waals surface area contributed by atoms with E-state index in [1.54, 1.807) is 6.07 Å². The van der Waals surface area contributed by atoms with Gasteiger partial charge in [-0.25, -0.2) is 4.39 Å². The molecule has 2 aromatic rings. The molecule has 0 aromatic heterocycles. The molecule has 31 heavy (non-hydrogen) atoms. The Kier molecular flexibility index (Phi) is 7.87. The minimum Gasteiger partial charge on any atom is -0.494 e. The fourth-order valence-electron chi connectivity index (χ4n) is 3.71. The Hall–Kier alpha value is -3.09. The molecule has 6 nitrogen and oxygen atoms in total. The molecule has 0 atom stereocenters. The van der Waals surface area contributed by atoms with E-state index in [0.717, 1.165) is 18.1 Å². The minimum absolute atomic E-state index is 0.165. The van der Waals surface area contributed by atoms with Gasteiger partial charge in [-0.05, 0) is 42.2 Å². The average molecular weight is 427 g/mol. The van der Waals surface area contributed by atoms with E-state index in [4.69, 9.17) is 4.74 Å². The van der Waals surface area contributed by atoms with E-state index < -0.39 is 0 Å². The van der Waals surface area contributed by atoms with Gasteiger partial charge < -0.3 is 19.9 Å². The molecule has 0 radical (unpaired) electrons. The summed E-state index contributed by atoms with van der Waals surface area (Å²) in [5.74, 6) is 0.758. The highest BCUT2D eigenvalue weighted by molar-refractivity contribution is 5.80. The lowest BCUT2D eigenvalue weighted by atomic mass is 10.1. The predicted molar refractivity (Wildman–Crippen MR) is 120 cm³/mol. The van der Waals surface area contributed by atoms with Gasteiger partial charge in [0, 0.05) is 46.2 Å².